The maximum atomic E-state index is 12.6. The molecule has 1 aliphatic rings. The molecule has 30 heavy (non-hydrogen) atoms. The van der Waals surface area contributed by atoms with Crippen molar-refractivity contribution in [2.75, 3.05) is 33.9 Å². The molecule has 1 aliphatic heterocycles. The zero-order valence-electron chi connectivity index (χ0n) is 16.5. The number of amides is 2. The maximum absolute atomic E-state index is 12.6. The molecular formula is C20H21Cl2N3O4S. The first kappa shape index (κ1) is 22.4. The van der Waals surface area contributed by atoms with Gasteiger partial charge in [0, 0.05) is 24.3 Å². The summed E-state index contributed by atoms with van der Waals surface area (Å²) in [6.45, 7) is 2.08. The summed E-state index contributed by atoms with van der Waals surface area (Å²) in [5.74, 6) is -0.488. The van der Waals surface area contributed by atoms with Gasteiger partial charge in [0.25, 0.3) is 0 Å². The highest BCUT2D eigenvalue weighted by molar-refractivity contribution is 7.92. The lowest BCUT2D eigenvalue weighted by Crippen LogP contribution is -2.37. The minimum Gasteiger partial charge on any atom is -0.324 e. The fraction of sp³-hybridized carbons (Fsp3) is 0.300. The van der Waals surface area contributed by atoms with Gasteiger partial charge in [0.05, 0.1) is 22.0 Å². The zero-order chi connectivity index (χ0) is 22.1. The Kier molecular flexibility index (Phi) is 6.59. The number of rotatable bonds is 6. The van der Waals surface area contributed by atoms with E-state index in [1.165, 1.54) is 18.2 Å². The fourth-order valence-electron chi connectivity index (χ4n) is 3.25. The Morgan fingerprint density at radius 1 is 1.17 bits per heavy atom. The summed E-state index contributed by atoms with van der Waals surface area (Å²) in [7, 11) is -3.75. The molecule has 0 bridgehead atoms. The normalized spacial score (nSPS) is 14.1. The van der Waals surface area contributed by atoms with Gasteiger partial charge in [-0.2, -0.15) is 0 Å². The number of nitrogens with zero attached hydrogens (tertiary/aromatic N) is 2. The minimum absolute atomic E-state index is 0.0458. The second-order valence-corrected chi connectivity index (χ2v) is 9.79. The lowest BCUT2D eigenvalue weighted by molar-refractivity contribution is -0.117. The summed E-state index contributed by atoms with van der Waals surface area (Å²) in [5.41, 5.74) is 2.36. The van der Waals surface area contributed by atoms with Gasteiger partial charge in [-0.3, -0.25) is 13.9 Å². The van der Waals surface area contributed by atoms with Gasteiger partial charge < -0.3 is 10.2 Å². The number of sulfonamides is 1. The molecule has 3 rings (SSSR count). The van der Waals surface area contributed by atoms with Crippen molar-refractivity contribution in [3.63, 3.8) is 0 Å². The maximum Gasteiger partial charge on any atom is 0.245 e. The molecule has 0 unspecified atom stereocenters. The highest BCUT2D eigenvalue weighted by atomic mass is 35.5. The van der Waals surface area contributed by atoms with E-state index < -0.39 is 22.5 Å². The lowest BCUT2D eigenvalue weighted by atomic mass is 10.1. The number of hydrogen-bond donors (Lipinski definition) is 1. The van der Waals surface area contributed by atoms with Crippen LogP contribution in [0.4, 0.5) is 17.1 Å². The first-order valence-electron chi connectivity index (χ1n) is 9.20. The molecule has 160 valence electrons. The number of carbonyl (C=O) groups excluding carboxylic acids is 2. The van der Waals surface area contributed by atoms with Gasteiger partial charge in [-0.05, 0) is 49.2 Å². The van der Waals surface area contributed by atoms with E-state index in [-0.39, 0.29) is 21.6 Å². The molecule has 7 nitrogen and oxygen atoms in total. The third kappa shape index (κ3) is 5.06. The SMILES string of the molecule is Cc1ccc(NC(=O)CN(c2ccc(Cl)c(Cl)c2)S(C)(=O)=O)cc1N1CCCC1=O. The molecule has 1 N–H and O–H groups in total. The highest BCUT2D eigenvalue weighted by Gasteiger charge is 2.24. The van der Waals surface area contributed by atoms with Gasteiger partial charge in [-0.1, -0.05) is 29.3 Å². The highest BCUT2D eigenvalue weighted by Crippen LogP contribution is 2.30. The van der Waals surface area contributed by atoms with Crippen LogP contribution in [-0.2, 0) is 19.6 Å². The summed E-state index contributed by atoms with van der Waals surface area (Å²) in [5, 5.41) is 3.17. The molecule has 0 aliphatic carbocycles. The van der Waals surface area contributed by atoms with Crippen molar-refractivity contribution in [3.8, 4) is 0 Å². The monoisotopic (exact) mass is 469 g/mol. The van der Waals surface area contributed by atoms with Gasteiger partial charge in [0.2, 0.25) is 21.8 Å². The average Bonchev–Trinajstić information content (AvgIpc) is 3.08. The van der Waals surface area contributed by atoms with E-state index in [2.05, 4.69) is 5.32 Å². The Morgan fingerprint density at radius 3 is 2.50 bits per heavy atom. The lowest BCUT2D eigenvalue weighted by Gasteiger charge is -2.23. The zero-order valence-corrected chi connectivity index (χ0v) is 18.8. The fourth-order valence-corrected chi connectivity index (χ4v) is 4.39. The van der Waals surface area contributed by atoms with Crippen LogP contribution in [0.1, 0.15) is 18.4 Å². The molecule has 0 radical (unpaired) electrons. The standard InChI is InChI=1S/C20H21Cl2N3O4S/c1-13-5-6-14(10-18(13)24-9-3-4-20(24)27)23-19(26)12-25(30(2,28)29)15-7-8-16(21)17(22)11-15/h5-8,10-11H,3-4,9,12H2,1-2H3,(H,23,26). The summed E-state index contributed by atoms with van der Waals surface area (Å²) in [6, 6.07) is 9.58. The number of anilines is 3. The van der Waals surface area contributed by atoms with Crippen LogP contribution in [0.2, 0.25) is 10.0 Å². The molecule has 0 aromatic heterocycles. The summed E-state index contributed by atoms with van der Waals surface area (Å²) < 4.78 is 25.4. The number of carbonyl (C=O) groups is 2. The average molecular weight is 470 g/mol. The Hall–Kier alpha value is -2.29. The number of halogens is 2. The second-order valence-electron chi connectivity index (χ2n) is 7.07. The second kappa shape index (κ2) is 8.83. The van der Waals surface area contributed by atoms with Crippen LogP contribution >= 0.6 is 23.2 Å². The van der Waals surface area contributed by atoms with Gasteiger partial charge in [0.15, 0.2) is 0 Å². The molecule has 2 aromatic carbocycles. The summed E-state index contributed by atoms with van der Waals surface area (Å²) >= 11 is 11.9. The molecular weight excluding hydrogens is 449 g/mol. The molecule has 2 amide bonds. The quantitative estimate of drug-likeness (QED) is 0.695. The largest absolute Gasteiger partial charge is 0.324 e. The van der Waals surface area contributed by atoms with Crippen molar-refractivity contribution < 1.29 is 18.0 Å². The van der Waals surface area contributed by atoms with Crippen molar-refractivity contribution >= 4 is 62.1 Å². The van der Waals surface area contributed by atoms with Crippen molar-refractivity contribution in [1.82, 2.24) is 0 Å². The van der Waals surface area contributed by atoms with E-state index >= 15 is 0 Å². The summed E-state index contributed by atoms with van der Waals surface area (Å²) in [4.78, 5) is 26.4. The van der Waals surface area contributed by atoms with Crippen molar-refractivity contribution in [2.24, 2.45) is 0 Å². The molecule has 1 fully saturated rings. The number of aryl methyl sites for hydroxylation is 1. The number of hydrogen-bond acceptors (Lipinski definition) is 4. The minimum atomic E-state index is -3.75. The summed E-state index contributed by atoms with van der Waals surface area (Å²) in [6.07, 6.45) is 2.30. The van der Waals surface area contributed by atoms with Crippen molar-refractivity contribution in [1.29, 1.82) is 0 Å². The topological polar surface area (TPSA) is 86.8 Å². The first-order valence-corrected chi connectivity index (χ1v) is 11.8. The molecule has 0 atom stereocenters. The van der Waals surface area contributed by atoms with Crippen LogP contribution in [0.5, 0.6) is 0 Å². The van der Waals surface area contributed by atoms with E-state index in [4.69, 9.17) is 23.2 Å². The van der Waals surface area contributed by atoms with E-state index in [9.17, 15) is 18.0 Å². The Balaban J connectivity index is 1.81. The van der Waals surface area contributed by atoms with Gasteiger partial charge >= 0.3 is 0 Å². The van der Waals surface area contributed by atoms with Gasteiger partial charge in [-0.25, -0.2) is 8.42 Å². The van der Waals surface area contributed by atoms with Crippen LogP contribution in [0.15, 0.2) is 36.4 Å². The van der Waals surface area contributed by atoms with E-state index in [1.807, 2.05) is 13.0 Å². The molecule has 0 saturated carbocycles. The Morgan fingerprint density at radius 2 is 1.90 bits per heavy atom. The molecule has 1 saturated heterocycles. The predicted octanol–water partition coefficient (Wildman–Crippen LogP) is 3.83. The van der Waals surface area contributed by atoms with E-state index in [1.54, 1.807) is 17.0 Å². The van der Waals surface area contributed by atoms with E-state index in [0.717, 1.165) is 28.2 Å². The van der Waals surface area contributed by atoms with Crippen LogP contribution in [0.3, 0.4) is 0 Å². The smallest absolute Gasteiger partial charge is 0.245 e. The number of nitrogens with one attached hydrogen (secondary N) is 1. The molecule has 1 heterocycles. The van der Waals surface area contributed by atoms with Crippen molar-refractivity contribution in [3.05, 3.63) is 52.0 Å². The van der Waals surface area contributed by atoms with Crippen LogP contribution in [-0.4, -0.2) is 39.6 Å². The van der Waals surface area contributed by atoms with Crippen LogP contribution < -0.4 is 14.5 Å². The van der Waals surface area contributed by atoms with Crippen LogP contribution in [0, 0.1) is 6.92 Å². The first-order chi connectivity index (χ1) is 14.1. The van der Waals surface area contributed by atoms with Crippen molar-refractivity contribution in [2.45, 2.75) is 19.8 Å². The molecule has 0 spiro atoms. The number of benzene rings is 2. The van der Waals surface area contributed by atoms with Gasteiger partial charge in [0.1, 0.15) is 6.54 Å². The Bertz CT molecular complexity index is 1110. The van der Waals surface area contributed by atoms with E-state index in [0.29, 0.717) is 18.7 Å². The molecule has 10 heteroatoms. The predicted molar refractivity (Wildman–Crippen MR) is 120 cm³/mol. The third-order valence-corrected chi connectivity index (χ3v) is 6.62. The Labute approximate surface area is 185 Å². The van der Waals surface area contributed by atoms with Crippen LogP contribution in [0.25, 0.3) is 0 Å². The van der Waals surface area contributed by atoms with Gasteiger partial charge in [-0.15, -0.1) is 0 Å². The molecule has 2 aromatic rings. The third-order valence-electron chi connectivity index (χ3n) is 4.74.